The molecule has 0 saturated heterocycles. The van der Waals surface area contributed by atoms with Crippen molar-refractivity contribution in [2.75, 3.05) is 5.06 Å². The molecule has 1 atom stereocenters. The second kappa shape index (κ2) is 3.55. The minimum absolute atomic E-state index is 0.451. The molecular weight excluding hydrogens is 216 g/mol. The van der Waals surface area contributed by atoms with E-state index in [2.05, 4.69) is 0 Å². The SMILES string of the molecule is NC1Cc2c(ccc3ccccc23)N(O)C1=O. The summed E-state index contributed by atoms with van der Waals surface area (Å²) >= 11 is 0. The maximum absolute atomic E-state index is 11.6. The van der Waals surface area contributed by atoms with Gasteiger partial charge in [-0.05, 0) is 28.8 Å². The van der Waals surface area contributed by atoms with E-state index in [-0.39, 0.29) is 0 Å². The molecule has 4 heteroatoms. The first-order valence-corrected chi connectivity index (χ1v) is 5.47. The van der Waals surface area contributed by atoms with Crippen molar-refractivity contribution in [2.45, 2.75) is 12.5 Å². The largest absolute Gasteiger partial charge is 0.320 e. The first kappa shape index (κ1) is 10.3. The number of nitrogens with zero attached hydrogens (tertiary/aromatic N) is 1. The molecule has 3 N–H and O–H groups in total. The first-order chi connectivity index (χ1) is 8.18. The second-order valence-electron chi connectivity index (χ2n) is 4.25. The number of fused-ring (bicyclic) bond motifs is 3. The Kier molecular flexibility index (Phi) is 2.14. The summed E-state index contributed by atoms with van der Waals surface area (Å²) in [7, 11) is 0. The summed E-state index contributed by atoms with van der Waals surface area (Å²) in [5.41, 5.74) is 7.19. The van der Waals surface area contributed by atoms with Crippen LogP contribution >= 0.6 is 0 Å². The summed E-state index contributed by atoms with van der Waals surface area (Å²) < 4.78 is 0. The molecule has 0 aromatic heterocycles. The lowest BCUT2D eigenvalue weighted by Gasteiger charge is -2.28. The molecule has 17 heavy (non-hydrogen) atoms. The normalized spacial score (nSPS) is 19.5. The summed E-state index contributed by atoms with van der Waals surface area (Å²) in [5.74, 6) is -0.451. The molecule has 0 aliphatic carbocycles. The maximum atomic E-state index is 11.6. The van der Waals surface area contributed by atoms with Crippen molar-refractivity contribution >= 4 is 22.4 Å². The molecule has 0 radical (unpaired) electrons. The third-order valence-electron chi connectivity index (χ3n) is 3.19. The van der Waals surface area contributed by atoms with Gasteiger partial charge in [-0.1, -0.05) is 30.3 Å². The molecule has 3 rings (SSSR count). The molecule has 1 aliphatic rings. The van der Waals surface area contributed by atoms with Gasteiger partial charge in [-0.15, -0.1) is 0 Å². The molecule has 1 aliphatic heterocycles. The Hall–Kier alpha value is -1.91. The Balaban J connectivity index is 2.30. The van der Waals surface area contributed by atoms with Gasteiger partial charge in [-0.3, -0.25) is 10.0 Å². The van der Waals surface area contributed by atoms with Gasteiger partial charge in [0.25, 0.3) is 5.91 Å². The van der Waals surface area contributed by atoms with Crippen LogP contribution < -0.4 is 10.8 Å². The Morgan fingerprint density at radius 2 is 2.00 bits per heavy atom. The summed E-state index contributed by atoms with van der Waals surface area (Å²) in [6.07, 6.45) is 0.465. The molecular formula is C13H12N2O2. The van der Waals surface area contributed by atoms with E-state index in [0.717, 1.165) is 16.3 Å². The van der Waals surface area contributed by atoms with Crippen LogP contribution in [0.2, 0.25) is 0 Å². The van der Waals surface area contributed by atoms with Crippen molar-refractivity contribution in [3.05, 3.63) is 42.0 Å². The van der Waals surface area contributed by atoms with E-state index in [1.807, 2.05) is 30.3 Å². The number of carbonyl (C=O) groups excluding carboxylic acids is 1. The van der Waals surface area contributed by atoms with Crippen LogP contribution in [0.15, 0.2) is 36.4 Å². The lowest BCUT2D eigenvalue weighted by molar-refractivity contribution is -0.125. The molecule has 0 saturated carbocycles. The maximum Gasteiger partial charge on any atom is 0.267 e. The van der Waals surface area contributed by atoms with Crippen LogP contribution in [0.3, 0.4) is 0 Å². The van der Waals surface area contributed by atoms with E-state index in [9.17, 15) is 10.0 Å². The number of benzene rings is 2. The number of anilines is 1. The summed E-state index contributed by atoms with van der Waals surface area (Å²) in [6.45, 7) is 0. The van der Waals surface area contributed by atoms with Crippen LogP contribution in [0.1, 0.15) is 5.56 Å². The minimum Gasteiger partial charge on any atom is -0.320 e. The van der Waals surface area contributed by atoms with E-state index >= 15 is 0 Å². The van der Waals surface area contributed by atoms with Gasteiger partial charge in [0.2, 0.25) is 0 Å². The fourth-order valence-electron chi connectivity index (χ4n) is 2.32. The zero-order valence-electron chi connectivity index (χ0n) is 9.13. The highest BCUT2D eigenvalue weighted by molar-refractivity contribution is 6.02. The van der Waals surface area contributed by atoms with Crippen molar-refractivity contribution < 1.29 is 10.0 Å². The van der Waals surface area contributed by atoms with Crippen molar-refractivity contribution in [3.8, 4) is 0 Å². The quantitative estimate of drug-likeness (QED) is 0.670. The number of carbonyl (C=O) groups is 1. The number of nitrogens with two attached hydrogens (primary N) is 1. The smallest absolute Gasteiger partial charge is 0.267 e. The van der Waals surface area contributed by atoms with Crippen LogP contribution in [0, 0.1) is 0 Å². The minimum atomic E-state index is -0.668. The average Bonchev–Trinajstić information content (AvgIpc) is 2.36. The number of rotatable bonds is 0. The third kappa shape index (κ3) is 1.42. The van der Waals surface area contributed by atoms with E-state index in [0.29, 0.717) is 17.2 Å². The predicted molar refractivity (Wildman–Crippen MR) is 64.9 cm³/mol. The molecule has 2 aromatic carbocycles. The number of hydrogen-bond donors (Lipinski definition) is 2. The van der Waals surface area contributed by atoms with Gasteiger partial charge < -0.3 is 5.73 Å². The summed E-state index contributed by atoms with van der Waals surface area (Å²) in [6, 6.07) is 10.8. The molecule has 2 aromatic rings. The Morgan fingerprint density at radius 3 is 2.82 bits per heavy atom. The van der Waals surface area contributed by atoms with Crippen LogP contribution in [-0.4, -0.2) is 17.2 Å². The average molecular weight is 228 g/mol. The number of hydrogen-bond acceptors (Lipinski definition) is 3. The van der Waals surface area contributed by atoms with Crippen LogP contribution in [0.25, 0.3) is 10.8 Å². The van der Waals surface area contributed by atoms with Gasteiger partial charge in [-0.25, -0.2) is 0 Å². The molecule has 86 valence electrons. The van der Waals surface area contributed by atoms with Gasteiger partial charge in [0.1, 0.15) is 0 Å². The molecule has 4 nitrogen and oxygen atoms in total. The van der Waals surface area contributed by atoms with E-state index in [1.165, 1.54) is 0 Å². The molecule has 1 amide bonds. The van der Waals surface area contributed by atoms with Gasteiger partial charge in [0.15, 0.2) is 0 Å². The molecule has 0 spiro atoms. The highest BCUT2D eigenvalue weighted by Gasteiger charge is 2.30. The lowest BCUT2D eigenvalue weighted by Crippen LogP contribution is -2.47. The van der Waals surface area contributed by atoms with E-state index in [1.54, 1.807) is 6.07 Å². The van der Waals surface area contributed by atoms with Gasteiger partial charge in [0.05, 0.1) is 11.7 Å². The van der Waals surface area contributed by atoms with Gasteiger partial charge in [-0.2, -0.15) is 5.06 Å². The van der Waals surface area contributed by atoms with Crippen molar-refractivity contribution in [2.24, 2.45) is 5.73 Å². The Labute approximate surface area is 98.2 Å². The predicted octanol–water partition coefficient (Wildman–Crippen LogP) is 1.45. The number of amides is 1. The van der Waals surface area contributed by atoms with Crippen LogP contribution in [0.4, 0.5) is 5.69 Å². The van der Waals surface area contributed by atoms with E-state index in [4.69, 9.17) is 5.73 Å². The molecule has 0 bridgehead atoms. The van der Waals surface area contributed by atoms with Gasteiger partial charge >= 0.3 is 0 Å². The molecule has 1 unspecified atom stereocenters. The molecule has 0 fully saturated rings. The monoisotopic (exact) mass is 228 g/mol. The highest BCUT2D eigenvalue weighted by atomic mass is 16.5. The fourth-order valence-corrected chi connectivity index (χ4v) is 2.32. The summed E-state index contributed by atoms with van der Waals surface area (Å²) in [5, 5.41) is 12.5. The Bertz CT molecular complexity index is 609. The van der Waals surface area contributed by atoms with Crippen LogP contribution in [0.5, 0.6) is 0 Å². The molecule has 1 heterocycles. The second-order valence-corrected chi connectivity index (χ2v) is 4.25. The highest BCUT2D eigenvalue weighted by Crippen LogP contribution is 2.32. The summed E-state index contributed by atoms with van der Waals surface area (Å²) in [4.78, 5) is 11.6. The van der Waals surface area contributed by atoms with Crippen LogP contribution in [-0.2, 0) is 11.2 Å². The topological polar surface area (TPSA) is 66.6 Å². The fraction of sp³-hybridized carbons (Fsp3) is 0.154. The standard InChI is InChI=1S/C13H12N2O2/c14-11-7-10-9-4-2-1-3-8(9)5-6-12(10)15(17)13(11)16/h1-6,11,17H,7,14H2. The Morgan fingerprint density at radius 1 is 1.24 bits per heavy atom. The van der Waals surface area contributed by atoms with Gasteiger partial charge in [0, 0.05) is 0 Å². The number of hydroxylamine groups is 1. The first-order valence-electron chi connectivity index (χ1n) is 5.47. The van der Waals surface area contributed by atoms with E-state index < -0.39 is 11.9 Å². The third-order valence-corrected chi connectivity index (χ3v) is 3.19. The zero-order chi connectivity index (χ0) is 12.0. The van der Waals surface area contributed by atoms with Crippen molar-refractivity contribution in [3.63, 3.8) is 0 Å². The lowest BCUT2D eigenvalue weighted by atomic mass is 9.93. The zero-order valence-corrected chi connectivity index (χ0v) is 9.13. The van der Waals surface area contributed by atoms with Crippen molar-refractivity contribution in [1.82, 2.24) is 0 Å². The van der Waals surface area contributed by atoms with Crippen molar-refractivity contribution in [1.29, 1.82) is 0 Å².